The minimum atomic E-state index is -4.53. The van der Waals surface area contributed by atoms with Crippen LogP contribution in [0.2, 0.25) is 0 Å². The Kier molecular flexibility index (Phi) is 9.22. The van der Waals surface area contributed by atoms with E-state index in [4.69, 9.17) is 4.74 Å². The van der Waals surface area contributed by atoms with Crippen molar-refractivity contribution in [2.75, 3.05) is 45.9 Å². The summed E-state index contributed by atoms with van der Waals surface area (Å²) in [5, 5.41) is 6.00. The zero-order valence-corrected chi connectivity index (χ0v) is 23.7. The molecule has 0 N–H and O–H groups in total. The summed E-state index contributed by atoms with van der Waals surface area (Å²) in [5.74, 6) is -1.38. The van der Waals surface area contributed by atoms with Crippen LogP contribution >= 0.6 is 0 Å². The molecule has 226 valence electrons. The number of hydrogen-bond donors (Lipinski definition) is 0. The van der Waals surface area contributed by atoms with Gasteiger partial charge in [-0.2, -0.15) is 18.3 Å². The van der Waals surface area contributed by atoms with Gasteiger partial charge in [-0.1, -0.05) is 42.0 Å². The van der Waals surface area contributed by atoms with Crippen molar-refractivity contribution >= 4 is 17.5 Å². The van der Waals surface area contributed by atoms with Gasteiger partial charge in [0.25, 0.3) is 11.8 Å². The first kappa shape index (κ1) is 30.4. The highest BCUT2D eigenvalue weighted by Gasteiger charge is 2.35. The molecule has 1 fully saturated rings. The third-order valence-electron chi connectivity index (χ3n) is 7.67. The first-order valence-corrected chi connectivity index (χ1v) is 14.1. The number of alkyl halides is 3. The average molecular weight is 597 g/mol. The number of carbonyl (C=O) groups is 2. The number of nitrogens with zero attached hydrogens (tertiary/aromatic N) is 4. The summed E-state index contributed by atoms with van der Waals surface area (Å²) >= 11 is 0. The maximum absolute atomic E-state index is 13.9. The number of hydrazone groups is 1. The highest BCUT2D eigenvalue weighted by atomic mass is 19.4. The van der Waals surface area contributed by atoms with Gasteiger partial charge >= 0.3 is 6.18 Å². The first-order valence-electron chi connectivity index (χ1n) is 14.1. The second-order valence-corrected chi connectivity index (χ2v) is 10.7. The van der Waals surface area contributed by atoms with E-state index in [0.717, 1.165) is 35.4 Å². The highest BCUT2D eigenvalue weighted by Crippen LogP contribution is 2.33. The number of amides is 2. The minimum absolute atomic E-state index is 0.0507. The fourth-order valence-electron chi connectivity index (χ4n) is 5.16. The number of halogens is 4. The van der Waals surface area contributed by atoms with Gasteiger partial charge in [0.1, 0.15) is 12.4 Å². The molecule has 0 spiro atoms. The molecule has 11 heteroatoms. The zero-order valence-electron chi connectivity index (χ0n) is 23.7. The number of hydrogen-bond acceptors (Lipinski definition) is 5. The Morgan fingerprint density at radius 3 is 2.23 bits per heavy atom. The minimum Gasteiger partial charge on any atom is -0.379 e. The van der Waals surface area contributed by atoms with E-state index in [-0.39, 0.29) is 24.5 Å². The van der Waals surface area contributed by atoms with Gasteiger partial charge in [0.15, 0.2) is 0 Å². The molecule has 0 aromatic heterocycles. The van der Waals surface area contributed by atoms with Crippen LogP contribution in [-0.4, -0.2) is 78.3 Å². The van der Waals surface area contributed by atoms with E-state index in [1.807, 2.05) is 31.2 Å². The lowest BCUT2D eigenvalue weighted by Gasteiger charge is -2.31. The number of carbonyl (C=O) groups excluding carboxylic acids is 2. The molecular formula is C32H32F4N4O3. The molecule has 0 radical (unpaired) electrons. The normalized spacial score (nSPS) is 17.6. The van der Waals surface area contributed by atoms with Gasteiger partial charge in [0.2, 0.25) is 0 Å². The fraction of sp³-hybridized carbons (Fsp3) is 0.344. The molecule has 0 aliphatic carbocycles. The molecule has 5 rings (SSSR count). The number of morpholine rings is 1. The maximum Gasteiger partial charge on any atom is 0.416 e. The van der Waals surface area contributed by atoms with Gasteiger partial charge in [-0.15, -0.1) is 0 Å². The molecule has 0 unspecified atom stereocenters. The molecule has 3 aromatic rings. The Balaban J connectivity index is 1.41. The lowest BCUT2D eigenvalue weighted by molar-refractivity contribution is -0.137. The van der Waals surface area contributed by atoms with E-state index in [1.165, 1.54) is 22.0 Å². The number of benzene rings is 3. The summed E-state index contributed by atoms with van der Waals surface area (Å²) in [6, 6.07) is 17.2. The second-order valence-electron chi connectivity index (χ2n) is 10.7. The van der Waals surface area contributed by atoms with Crippen molar-refractivity contribution < 1.29 is 31.9 Å². The molecule has 2 heterocycles. The lowest BCUT2D eigenvalue weighted by Crippen LogP contribution is -2.46. The van der Waals surface area contributed by atoms with Crippen molar-refractivity contribution in [3.63, 3.8) is 0 Å². The summed E-state index contributed by atoms with van der Waals surface area (Å²) in [5.41, 5.74) is 2.38. The third-order valence-corrected chi connectivity index (χ3v) is 7.67. The number of ether oxygens (including phenoxy) is 1. The van der Waals surface area contributed by atoms with Crippen LogP contribution in [0.25, 0.3) is 0 Å². The first-order chi connectivity index (χ1) is 20.6. The van der Waals surface area contributed by atoms with Crippen molar-refractivity contribution in [3.8, 4) is 0 Å². The average Bonchev–Trinajstić information content (AvgIpc) is 3.45. The van der Waals surface area contributed by atoms with Crippen molar-refractivity contribution in [2.45, 2.75) is 25.6 Å². The summed E-state index contributed by atoms with van der Waals surface area (Å²) in [6.07, 6.45) is -4.14. The van der Waals surface area contributed by atoms with Crippen LogP contribution in [-0.2, 0) is 15.7 Å². The Hall–Kier alpha value is -4.09. The second kappa shape index (κ2) is 13.0. The fourth-order valence-corrected chi connectivity index (χ4v) is 5.16. The van der Waals surface area contributed by atoms with Crippen molar-refractivity contribution in [1.29, 1.82) is 0 Å². The molecule has 1 atom stereocenters. The molecule has 2 amide bonds. The Bertz CT molecular complexity index is 1450. The maximum atomic E-state index is 13.9. The monoisotopic (exact) mass is 596 g/mol. The largest absolute Gasteiger partial charge is 0.416 e. The third kappa shape index (κ3) is 7.47. The predicted molar refractivity (Wildman–Crippen MR) is 153 cm³/mol. The van der Waals surface area contributed by atoms with Crippen LogP contribution in [0.3, 0.4) is 0 Å². The van der Waals surface area contributed by atoms with Crippen molar-refractivity contribution in [3.05, 3.63) is 106 Å². The summed E-state index contributed by atoms with van der Waals surface area (Å²) in [6.45, 7) is 4.73. The lowest BCUT2D eigenvalue weighted by atomic mass is 9.97. The Morgan fingerprint density at radius 2 is 1.60 bits per heavy atom. The highest BCUT2D eigenvalue weighted by molar-refractivity contribution is 6.03. The van der Waals surface area contributed by atoms with Crippen molar-refractivity contribution in [1.82, 2.24) is 14.8 Å². The van der Waals surface area contributed by atoms with Gasteiger partial charge in [-0.05, 0) is 54.4 Å². The number of aryl methyl sites for hydroxylation is 1. The molecule has 0 saturated carbocycles. The molecule has 1 saturated heterocycles. The van der Waals surface area contributed by atoms with E-state index < -0.39 is 29.6 Å². The molecule has 7 nitrogen and oxygen atoms in total. The standard InChI is InChI=1S/C32H32F4N4O3/c1-22-2-4-24(5-3-22)29-20-28(23-8-12-27(33)13-9-23)37-40(29)30(41)21-39(15-14-38-16-18-43-19-17-38)31(42)25-6-10-26(11-7-25)32(34,35)36/h2-13,29H,14-21H2,1H3/t29-/m1/s1. The summed E-state index contributed by atoms with van der Waals surface area (Å²) in [4.78, 5) is 31.0. The molecule has 2 aliphatic heterocycles. The van der Waals surface area contributed by atoms with E-state index in [0.29, 0.717) is 50.5 Å². The van der Waals surface area contributed by atoms with Crippen LogP contribution < -0.4 is 0 Å². The van der Waals surface area contributed by atoms with Gasteiger partial charge in [-0.25, -0.2) is 9.40 Å². The van der Waals surface area contributed by atoms with Gasteiger partial charge < -0.3 is 9.64 Å². The zero-order chi connectivity index (χ0) is 30.6. The van der Waals surface area contributed by atoms with E-state index in [1.54, 1.807) is 12.1 Å². The summed E-state index contributed by atoms with van der Waals surface area (Å²) in [7, 11) is 0. The molecule has 43 heavy (non-hydrogen) atoms. The molecule has 2 aliphatic rings. The quantitative estimate of drug-likeness (QED) is 0.331. The van der Waals surface area contributed by atoms with E-state index in [2.05, 4.69) is 10.0 Å². The predicted octanol–water partition coefficient (Wildman–Crippen LogP) is 5.31. The number of rotatable bonds is 8. The van der Waals surface area contributed by atoms with Crippen LogP contribution in [0.5, 0.6) is 0 Å². The van der Waals surface area contributed by atoms with E-state index in [9.17, 15) is 27.2 Å². The molecular weight excluding hydrogens is 564 g/mol. The van der Waals surface area contributed by atoms with Crippen LogP contribution in [0, 0.1) is 12.7 Å². The van der Waals surface area contributed by atoms with Crippen LogP contribution in [0.1, 0.15) is 45.1 Å². The van der Waals surface area contributed by atoms with Gasteiger partial charge in [-0.3, -0.25) is 14.5 Å². The molecule has 0 bridgehead atoms. The van der Waals surface area contributed by atoms with E-state index >= 15 is 0 Å². The summed E-state index contributed by atoms with van der Waals surface area (Å²) < 4.78 is 58.4. The van der Waals surface area contributed by atoms with Crippen molar-refractivity contribution in [2.24, 2.45) is 5.10 Å². The van der Waals surface area contributed by atoms with Crippen LogP contribution in [0.15, 0.2) is 77.9 Å². The SMILES string of the molecule is Cc1ccc([C@H]2CC(c3ccc(F)cc3)=NN2C(=O)CN(CCN2CCOCC2)C(=O)c2ccc(C(F)(F)F)cc2)cc1. The smallest absolute Gasteiger partial charge is 0.379 e. The Morgan fingerprint density at radius 1 is 0.953 bits per heavy atom. The molecule has 3 aromatic carbocycles. The topological polar surface area (TPSA) is 65.5 Å². The Labute approximate surface area is 247 Å². The van der Waals surface area contributed by atoms with Crippen LogP contribution in [0.4, 0.5) is 17.6 Å². The van der Waals surface area contributed by atoms with Gasteiger partial charge in [0.05, 0.1) is 30.5 Å². The van der Waals surface area contributed by atoms with Gasteiger partial charge in [0, 0.05) is 38.2 Å².